The van der Waals surface area contributed by atoms with Gasteiger partial charge in [0.15, 0.2) is 9.84 Å². The fourth-order valence-corrected chi connectivity index (χ4v) is 1.46. The Balaban J connectivity index is 4.05. The van der Waals surface area contributed by atoms with Gasteiger partial charge in [0.25, 0.3) is 0 Å². The maximum atomic E-state index is 11.1. The van der Waals surface area contributed by atoms with Gasteiger partial charge in [-0.3, -0.25) is 5.41 Å². The van der Waals surface area contributed by atoms with Gasteiger partial charge in [0.1, 0.15) is 0 Å². The van der Waals surface area contributed by atoms with E-state index in [1.165, 1.54) is 0 Å². The highest BCUT2D eigenvalue weighted by Crippen LogP contribution is 2.01. The third-order valence-electron chi connectivity index (χ3n) is 1.37. The van der Waals surface area contributed by atoms with Gasteiger partial charge in [-0.05, 0) is 13.8 Å². The van der Waals surface area contributed by atoms with Crippen LogP contribution < -0.4 is 5.73 Å². The second kappa shape index (κ2) is 3.71. The first-order valence-corrected chi connectivity index (χ1v) is 5.12. The molecule has 0 rings (SSSR count). The highest BCUT2D eigenvalue weighted by atomic mass is 32.2. The summed E-state index contributed by atoms with van der Waals surface area (Å²) in [7, 11) is -3.01. The van der Waals surface area contributed by atoms with Crippen LogP contribution >= 0.6 is 0 Å². The van der Waals surface area contributed by atoms with Crippen LogP contribution in [0.25, 0.3) is 0 Å². The van der Waals surface area contributed by atoms with E-state index < -0.39 is 9.84 Å². The molecule has 0 aliphatic carbocycles. The molecular weight excluding hydrogens is 164 g/mol. The molecule has 0 aliphatic heterocycles. The minimum Gasteiger partial charge on any atom is -0.388 e. The highest BCUT2D eigenvalue weighted by molar-refractivity contribution is 7.91. The van der Waals surface area contributed by atoms with E-state index in [0.717, 1.165) is 0 Å². The molecular formula is C6H14N2O2S. The molecule has 5 heteroatoms. The van der Waals surface area contributed by atoms with E-state index in [4.69, 9.17) is 11.1 Å². The molecule has 11 heavy (non-hydrogen) atoms. The van der Waals surface area contributed by atoms with Crippen LogP contribution in [-0.2, 0) is 9.84 Å². The van der Waals surface area contributed by atoms with Crippen LogP contribution in [0.3, 0.4) is 0 Å². The molecule has 0 saturated carbocycles. The minimum absolute atomic E-state index is 0.0139. The second-order valence-electron chi connectivity index (χ2n) is 2.69. The molecule has 0 fully saturated rings. The van der Waals surface area contributed by atoms with Crippen molar-refractivity contribution in [3.63, 3.8) is 0 Å². The summed E-state index contributed by atoms with van der Waals surface area (Å²) in [6.45, 7) is 3.24. The molecule has 66 valence electrons. The number of rotatable bonds is 4. The molecule has 0 radical (unpaired) electrons. The number of amidine groups is 1. The molecule has 3 N–H and O–H groups in total. The Bertz CT molecular complexity index is 231. The SMILES string of the molecule is CC(C)S(=O)(=O)CCC(=N)N. The van der Waals surface area contributed by atoms with Crippen molar-refractivity contribution in [3.05, 3.63) is 0 Å². The van der Waals surface area contributed by atoms with Crippen molar-refractivity contribution in [1.29, 1.82) is 5.41 Å². The molecule has 0 aliphatic rings. The van der Waals surface area contributed by atoms with Crippen molar-refractivity contribution in [2.45, 2.75) is 25.5 Å². The third kappa shape index (κ3) is 3.98. The normalized spacial score (nSPS) is 11.9. The van der Waals surface area contributed by atoms with E-state index in [1.807, 2.05) is 0 Å². The van der Waals surface area contributed by atoms with E-state index in [-0.39, 0.29) is 23.3 Å². The molecule has 0 unspecified atom stereocenters. The van der Waals surface area contributed by atoms with Gasteiger partial charge < -0.3 is 5.73 Å². The fourth-order valence-electron chi connectivity index (χ4n) is 0.488. The summed E-state index contributed by atoms with van der Waals surface area (Å²) >= 11 is 0. The molecule has 4 nitrogen and oxygen atoms in total. The van der Waals surface area contributed by atoms with Crippen LogP contribution in [0.2, 0.25) is 0 Å². The summed E-state index contributed by atoms with van der Waals surface area (Å²) in [6, 6.07) is 0. The molecule has 0 amide bonds. The zero-order chi connectivity index (χ0) is 9.07. The molecule has 0 aromatic carbocycles. The average molecular weight is 178 g/mol. The first-order valence-electron chi connectivity index (χ1n) is 3.40. The van der Waals surface area contributed by atoms with Gasteiger partial charge in [0.2, 0.25) is 0 Å². The lowest BCUT2D eigenvalue weighted by Crippen LogP contribution is -2.22. The fraction of sp³-hybridized carbons (Fsp3) is 0.833. The van der Waals surface area contributed by atoms with Crippen molar-refractivity contribution in [1.82, 2.24) is 0 Å². The predicted molar refractivity (Wildman–Crippen MR) is 45.5 cm³/mol. The van der Waals surface area contributed by atoms with E-state index in [9.17, 15) is 8.42 Å². The van der Waals surface area contributed by atoms with Crippen LogP contribution in [0.1, 0.15) is 20.3 Å². The first kappa shape index (κ1) is 10.4. The Labute approximate surface area is 67.2 Å². The standard InChI is InChI=1S/C6H14N2O2S/c1-5(2)11(9,10)4-3-6(7)8/h5H,3-4H2,1-2H3,(H3,7,8). The smallest absolute Gasteiger partial charge is 0.153 e. The molecule has 0 saturated heterocycles. The molecule has 0 aromatic rings. The van der Waals surface area contributed by atoms with Gasteiger partial charge in [0.05, 0.1) is 16.8 Å². The number of nitrogens with two attached hydrogens (primary N) is 1. The summed E-state index contributed by atoms with van der Waals surface area (Å²) in [5.41, 5.74) is 5.02. The number of hydrogen-bond acceptors (Lipinski definition) is 3. The molecule has 0 bridgehead atoms. The van der Waals surface area contributed by atoms with Crippen molar-refractivity contribution in [2.75, 3.05) is 5.75 Å². The second-order valence-corrected chi connectivity index (χ2v) is 5.37. The molecule has 0 heterocycles. The van der Waals surface area contributed by atoms with Crippen molar-refractivity contribution in [2.24, 2.45) is 5.73 Å². The van der Waals surface area contributed by atoms with Crippen LogP contribution in [0.4, 0.5) is 0 Å². The van der Waals surface area contributed by atoms with Crippen LogP contribution in [0, 0.1) is 5.41 Å². The average Bonchev–Trinajstić information content (AvgIpc) is 1.84. The highest BCUT2D eigenvalue weighted by Gasteiger charge is 2.15. The zero-order valence-corrected chi connectivity index (χ0v) is 7.61. The monoisotopic (exact) mass is 178 g/mol. The number of sulfone groups is 1. The van der Waals surface area contributed by atoms with Gasteiger partial charge in [-0.15, -0.1) is 0 Å². The van der Waals surface area contributed by atoms with Crippen LogP contribution in [0.15, 0.2) is 0 Å². The molecule has 0 atom stereocenters. The summed E-state index contributed by atoms with van der Waals surface area (Å²) in [5.74, 6) is -0.0887. The Kier molecular flexibility index (Phi) is 3.51. The van der Waals surface area contributed by atoms with Gasteiger partial charge in [-0.25, -0.2) is 8.42 Å². The maximum absolute atomic E-state index is 11.1. The number of hydrogen-bond donors (Lipinski definition) is 2. The summed E-state index contributed by atoms with van der Waals surface area (Å²) in [6.07, 6.45) is 0.139. The quantitative estimate of drug-likeness (QED) is 0.474. The Morgan fingerprint density at radius 3 is 2.27 bits per heavy atom. The molecule has 0 aromatic heterocycles. The zero-order valence-electron chi connectivity index (χ0n) is 6.79. The van der Waals surface area contributed by atoms with E-state index in [1.54, 1.807) is 13.8 Å². The van der Waals surface area contributed by atoms with E-state index in [0.29, 0.717) is 0 Å². The first-order chi connectivity index (χ1) is 4.86. The summed E-state index contributed by atoms with van der Waals surface area (Å²) in [4.78, 5) is 0. The van der Waals surface area contributed by atoms with Crippen molar-refractivity contribution >= 4 is 15.7 Å². The van der Waals surface area contributed by atoms with E-state index >= 15 is 0 Å². The lowest BCUT2D eigenvalue weighted by atomic mass is 10.5. The van der Waals surface area contributed by atoms with Crippen LogP contribution in [-0.4, -0.2) is 25.3 Å². The number of nitrogens with one attached hydrogen (secondary N) is 1. The van der Waals surface area contributed by atoms with E-state index in [2.05, 4.69) is 0 Å². The van der Waals surface area contributed by atoms with Gasteiger partial charge in [-0.1, -0.05) is 0 Å². The predicted octanol–water partition coefficient (Wildman–Crippen LogP) is 0.136. The minimum atomic E-state index is -3.01. The van der Waals surface area contributed by atoms with Gasteiger partial charge in [-0.2, -0.15) is 0 Å². The van der Waals surface area contributed by atoms with Gasteiger partial charge in [0, 0.05) is 6.42 Å². The van der Waals surface area contributed by atoms with Crippen molar-refractivity contribution in [3.8, 4) is 0 Å². The lowest BCUT2D eigenvalue weighted by Gasteiger charge is -2.05. The maximum Gasteiger partial charge on any atom is 0.153 e. The topological polar surface area (TPSA) is 84.0 Å². The lowest BCUT2D eigenvalue weighted by molar-refractivity contribution is 0.587. The largest absolute Gasteiger partial charge is 0.388 e. The summed E-state index contributed by atoms with van der Waals surface area (Å²) in [5, 5.41) is 6.46. The Morgan fingerprint density at radius 1 is 1.55 bits per heavy atom. The van der Waals surface area contributed by atoms with Crippen LogP contribution in [0.5, 0.6) is 0 Å². The van der Waals surface area contributed by atoms with Crippen molar-refractivity contribution < 1.29 is 8.42 Å². The Morgan fingerprint density at radius 2 is 2.00 bits per heavy atom. The third-order valence-corrected chi connectivity index (χ3v) is 3.58. The van der Waals surface area contributed by atoms with Gasteiger partial charge >= 0.3 is 0 Å². The molecule has 0 spiro atoms. The summed E-state index contributed by atoms with van der Waals surface area (Å²) < 4.78 is 22.2. The Hall–Kier alpha value is -0.580.